The summed E-state index contributed by atoms with van der Waals surface area (Å²) in [6, 6.07) is 0. The molecule has 8 heteroatoms. The van der Waals surface area contributed by atoms with Crippen LogP contribution in [-0.2, 0) is 9.53 Å². The molecule has 1 aromatic rings. The van der Waals surface area contributed by atoms with Crippen LogP contribution in [0.2, 0.25) is 0 Å². The number of carbonyl (C=O) groups is 2. The highest BCUT2D eigenvalue weighted by Crippen LogP contribution is 2.43. The summed E-state index contributed by atoms with van der Waals surface area (Å²) in [5.41, 5.74) is -0.173. The van der Waals surface area contributed by atoms with Gasteiger partial charge in [-0.1, -0.05) is 0 Å². The van der Waals surface area contributed by atoms with E-state index in [0.717, 1.165) is 32.5 Å². The minimum absolute atomic E-state index is 0.0665. The lowest BCUT2D eigenvalue weighted by molar-refractivity contribution is -0.157. The highest BCUT2D eigenvalue weighted by Gasteiger charge is 2.54. The second-order valence-corrected chi connectivity index (χ2v) is 8.06. The zero-order chi connectivity index (χ0) is 20.1. The Hall–Kier alpha value is -2.06. The van der Waals surface area contributed by atoms with Gasteiger partial charge in [0.1, 0.15) is 5.69 Å². The first-order valence-electron chi connectivity index (χ1n) is 10.1. The van der Waals surface area contributed by atoms with Gasteiger partial charge in [-0.15, -0.1) is 0 Å². The van der Waals surface area contributed by atoms with Crippen molar-refractivity contribution in [3.63, 3.8) is 0 Å². The van der Waals surface area contributed by atoms with Gasteiger partial charge in [0.15, 0.2) is 0 Å². The largest absolute Gasteiger partial charge is 0.466 e. The molecule has 3 rings (SSSR count). The third-order valence-electron chi connectivity index (χ3n) is 5.87. The van der Waals surface area contributed by atoms with E-state index >= 15 is 0 Å². The minimum Gasteiger partial charge on any atom is -0.466 e. The molecule has 8 nitrogen and oxygen atoms in total. The quantitative estimate of drug-likeness (QED) is 0.665. The highest BCUT2D eigenvalue weighted by molar-refractivity contribution is 5.92. The van der Waals surface area contributed by atoms with Crippen molar-refractivity contribution < 1.29 is 14.3 Å². The smallest absolute Gasteiger partial charge is 0.313 e. The molecule has 3 heterocycles. The summed E-state index contributed by atoms with van der Waals surface area (Å²) < 4.78 is 5.49. The third-order valence-corrected chi connectivity index (χ3v) is 5.87. The summed E-state index contributed by atoms with van der Waals surface area (Å²) in [6.07, 6.45) is 6.13. The van der Waals surface area contributed by atoms with Crippen molar-refractivity contribution in [3.05, 3.63) is 24.3 Å². The second kappa shape index (κ2) is 8.96. The Kier molecular flexibility index (Phi) is 6.61. The van der Waals surface area contributed by atoms with E-state index in [-0.39, 0.29) is 17.8 Å². The predicted molar refractivity (Wildman–Crippen MR) is 105 cm³/mol. The number of hydrogen-bond donors (Lipinski definition) is 0. The van der Waals surface area contributed by atoms with Crippen molar-refractivity contribution in [2.75, 3.05) is 60.0 Å². The molecule has 28 heavy (non-hydrogen) atoms. The molecule has 154 valence electrons. The summed E-state index contributed by atoms with van der Waals surface area (Å²) in [5, 5.41) is 0. The van der Waals surface area contributed by atoms with Crippen molar-refractivity contribution in [1.82, 2.24) is 24.7 Å². The number of nitrogens with zero attached hydrogens (tertiary/aromatic N) is 5. The SMILES string of the molecule is CCOC(=O)[C@]12CCCN(C(=O)c3cnccn3)C[C@H]1CN(CCN(C)C)C2. The number of aromatic nitrogens is 2. The van der Waals surface area contributed by atoms with Crippen LogP contribution in [0.25, 0.3) is 0 Å². The summed E-state index contributed by atoms with van der Waals surface area (Å²) in [6.45, 7) is 6.76. The maximum Gasteiger partial charge on any atom is 0.313 e. The van der Waals surface area contributed by atoms with E-state index in [0.29, 0.717) is 31.9 Å². The van der Waals surface area contributed by atoms with Crippen molar-refractivity contribution in [3.8, 4) is 0 Å². The van der Waals surface area contributed by atoms with Crippen molar-refractivity contribution >= 4 is 11.9 Å². The van der Waals surface area contributed by atoms with E-state index in [1.165, 1.54) is 12.4 Å². The van der Waals surface area contributed by atoms with Crippen LogP contribution < -0.4 is 0 Å². The maximum absolute atomic E-state index is 13.0. The number of rotatable bonds is 6. The van der Waals surface area contributed by atoms with Gasteiger partial charge < -0.3 is 19.4 Å². The van der Waals surface area contributed by atoms with Crippen LogP contribution in [0.1, 0.15) is 30.3 Å². The van der Waals surface area contributed by atoms with Gasteiger partial charge in [-0.2, -0.15) is 0 Å². The minimum atomic E-state index is -0.528. The van der Waals surface area contributed by atoms with E-state index in [1.807, 2.05) is 11.8 Å². The normalized spacial score (nSPS) is 25.4. The summed E-state index contributed by atoms with van der Waals surface area (Å²) in [4.78, 5) is 40.4. The van der Waals surface area contributed by atoms with Gasteiger partial charge in [0.2, 0.25) is 0 Å². The zero-order valence-corrected chi connectivity index (χ0v) is 17.1. The van der Waals surface area contributed by atoms with Gasteiger partial charge in [-0.05, 0) is 33.9 Å². The van der Waals surface area contributed by atoms with Crippen molar-refractivity contribution in [2.45, 2.75) is 19.8 Å². The summed E-state index contributed by atoms with van der Waals surface area (Å²) >= 11 is 0. The Morgan fingerprint density at radius 1 is 1.32 bits per heavy atom. The summed E-state index contributed by atoms with van der Waals surface area (Å²) in [7, 11) is 4.10. The molecule has 0 N–H and O–H groups in total. The maximum atomic E-state index is 13.0. The number of carbonyl (C=O) groups excluding carboxylic acids is 2. The molecule has 2 aliphatic heterocycles. The molecule has 0 unspecified atom stereocenters. The fraction of sp³-hybridized carbons (Fsp3) is 0.700. The number of likely N-dealkylation sites (tertiary alicyclic amines) is 2. The average Bonchev–Trinajstić information content (AvgIpc) is 2.94. The van der Waals surface area contributed by atoms with Gasteiger partial charge >= 0.3 is 5.97 Å². The van der Waals surface area contributed by atoms with Gasteiger partial charge in [0.25, 0.3) is 5.91 Å². The number of likely N-dealkylation sites (N-methyl/N-ethyl adjacent to an activating group) is 1. The van der Waals surface area contributed by atoms with Gasteiger partial charge in [-0.25, -0.2) is 4.98 Å². The van der Waals surface area contributed by atoms with Crippen LogP contribution in [0.4, 0.5) is 0 Å². The molecular formula is C20H31N5O3. The monoisotopic (exact) mass is 389 g/mol. The Morgan fingerprint density at radius 2 is 2.14 bits per heavy atom. The molecule has 2 saturated heterocycles. The van der Waals surface area contributed by atoms with Gasteiger partial charge in [0, 0.05) is 57.6 Å². The number of ether oxygens (including phenoxy) is 1. The molecule has 1 aromatic heterocycles. The van der Waals surface area contributed by atoms with Crippen molar-refractivity contribution in [1.29, 1.82) is 0 Å². The molecule has 0 spiro atoms. The van der Waals surface area contributed by atoms with Crippen molar-refractivity contribution in [2.24, 2.45) is 11.3 Å². The van der Waals surface area contributed by atoms with Crippen LogP contribution >= 0.6 is 0 Å². The van der Waals surface area contributed by atoms with Gasteiger partial charge in [-0.3, -0.25) is 14.6 Å². The predicted octanol–water partition coefficient (Wildman–Crippen LogP) is 0.756. The van der Waals surface area contributed by atoms with E-state index in [2.05, 4.69) is 33.9 Å². The van der Waals surface area contributed by atoms with E-state index in [1.54, 1.807) is 6.20 Å². The van der Waals surface area contributed by atoms with Gasteiger partial charge in [0.05, 0.1) is 18.2 Å². The highest BCUT2D eigenvalue weighted by atomic mass is 16.5. The standard InChI is InChI=1S/C20H31N5O3/c1-4-28-19(27)20-6-5-9-25(18(26)17-12-21-7-8-22-17)14-16(20)13-24(15-20)11-10-23(2)3/h7-8,12,16H,4-6,9-11,13-15H2,1-3H3/t16-,20+/m1/s1. The molecule has 0 aromatic carbocycles. The molecule has 2 aliphatic rings. The molecule has 0 bridgehead atoms. The first kappa shape index (κ1) is 20.7. The number of hydrogen-bond acceptors (Lipinski definition) is 7. The molecule has 2 atom stereocenters. The van der Waals surface area contributed by atoms with Crippen LogP contribution in [-0.4, -0.2) is 96.5 Å². The average molecular weight is 390 g/mol. The lowest BCUT2D eigenvalue weighted by Crippen LogP contribution is -2.43. The number of amides is 1. The Bertz CT molecular complexity index is 684. The first-order chi connectivity index (χ1) is 13.5. The lowest BCUT2D eigenvalue weighted by Gasteiger charge is -2.31. The fourth-order valence-corrected chi connectivity index (χ4v) is 4.41. The van der Waals surface area contributed by atoms with E-state index < -0.39 is 5.41 Å². The summed E-state index contributed by atoms with van der Waals surface area (Å²) in [5.74, 6) is -0.155. The molecular weight excluding hydrogens is 358 g/mol. The molecule has 0 saturated carbocycles. The first-order valence-corrected chi connectivity index (χ1v) is 10.1. The number of esters is 1. The Labute approximate surface area is 166 Å². The topological polar surface area (TPSA) is 78.9 Å². The molecule has 0 aliphatic carbocycles. The Balaban J connectivity index is 1.80. The fourth-order valence-electron chi connectivity index (χ4n) is 4.41. The zero-order valence-electron chi connectivity index (χ0n) is 17.1. The van der Waals surface area contributed by atoms with Crippen LogP contribution in [0, 0.1) is 11.3 Å². The molecule has 2 fully saturated rings. The number of fused-ring (bicyclic) bond motifs is 1. The lowest BCUT2D eigenvalue weighted by atomic mass is 9.75. The molecule has 1 amide bonds. The van der Waals surface area contributed by atoms with Crippen LogP contribution in [0.15, 0.2) is 18.6 Å². The van der Waals surface area contributed by atoms with Crippen LogP contribution in [0.5, 0.6) is 0 Å². The van der Waals surface area contributed by atoms with Crippen LogP contribution in [0.3, 0.4) is 0 Å². The second-order valence-electron chi connectivity index (χ2n) is 8.06. The third kappa shape index (κ3) is 4.33. The van der Waals surface area contributed by atoms with E-state index in [4.69, 9.17) is 4.74 Å². The molecule has 0 radical (unpaired) electrons. The Morgan fingerprint density at radius 3 is 2.82 bits per heavy atom. The van der Waals surface area contributed by atoms with E-state index in [9.17, 15) is 9.59 Å².